The highest BCUT2D eigenvalue weighted by Gasteiger charge is 2.48. The third kappa shape index (κ3) is 4.41. The molecule has 17 heavy (non-hydrogen) atoms. The summed E-state index contributed by atoms with van der Waals surface area (Å²) in [5.41, 5.74) is 0. The highest BCUT2D eigenvalue weighted by Crippen LogP contribution is 2.52. The summed E-state index contributed by atoms with van der Waals surface area (Å²) in [7, 11) is 0. The minimum absolute atomic E-state index is 0.280. The molecule has 0 saturated heterocycles. The van der Waals surface area contributed by atoms with E-state index in [0.29, 0.717) is 19.1 Å². The number of ether oxygens (including phenoxy) is 1. The number of carbonyl (C=O) groups is 1. The lowest BCUT2D eigenvalue weighted by Crippen LogP contribution is -2.24. The van der Waals surface area contributed by atoms with Gasteiger partial charge in [0.25, 0.3) is 0 Å². The van der Waals surface area contributed by atoms with E-state index in [1.54, 1.807) is 0 Å². The van der Waals surface area contributed by atoms with Crippen LogP contribution in [0, 0.1) is 17.8 Å². The zero-order chi connectivity index (χ0) is 12.7. The van der Waals surface area contributed by atoms with Gasteiger partial charge in [0, 0.05) is 6.54 Å². The molecular weight excluding hydrogens is 214 g/mol. The molecule has 1 N–H and O–H groups in total. The summed E-state index contributed by atoms with van der Waals surface area (Å²) in [6.07, 6.45) is 6.43. The van der Waals surface area contributed by atoms with Crippen molar-refractivity contribution in [2.45, 2.75) is 39.5 Å². The number of nitrogens with one attached hydrogen (secondary N) is 1. The van der Waals surface area contributed by atoms with E-state index in [9.17, 15) is 4.79 Å². The highest BCUT2D eigenvalue weighted by atomic mass is 16.5. The van der Waals surface area contributed by atoms with Crippen molar-refractivity contribution in [3.8, 4) is 0 Å². The largest absolute Gasteiger partial charge is 0.449 e. The maximum atomic E-state index is 11.2. The van der Waals surface area contributed by atoms with Crippen LogP contribution < -0.4 is 5.32 Å². The Hall–Kier alpha value is -0.990. The molecular formula is C14H25NO2. The van der Waals surface area contributed by atoms with E-state index in [1.807, 2.05) is 13.0 Å². The van der Waals surface area contributed by atoms with Gasteiger partial charge in [-0.3, -0.25) is 0 Å². The van der Waals surface area contributed by atoms with Crippen molar-refractivity contribution in [2.75, 3.05) is 13.2 Å². The van der Waals surface area contributed by atoms with Gasteiger partial charge >= 0.3 is 6.09 Å². The summed E-state index contributed by atoms with van der Waals surface area (Å²) in [5.74, 6) is 2.08. The summed E-state index contributed by atoms with van der Waals surface area (Å²) in [4.78, 5) is 11.2. The third-order valence-corrected chi connectivity index (χ3v) is 3.56. The standard InChI is InChI=1S/C14H25NO2/c1-4-7-9-12-11(8-5-2)13(12)10-17-14(16)15-6-3/h4,11-13H,1,5-10H2,2-3H3,(H,15,16)/t11-,12+,13-/m1/s1. The molecule has 1 aliphatic carbocycles. The Morgan fingerprint density at radius 1 is 1.29 bits per heavy atom. The van der Waals surface area contributed by atoms with Crippen molar-refractivity contribution in [2.24, 2.45) is 17.8 Å². The number of hydrogen-bond acceptors (Lipinski definition) is 2. The molecule has 1 saturated carbocycles. The van der Waals surface area contributed by atoms with Gasteiger partial charge < -0.3 is 10.1 Å². The second-order valence-corrected chi connectivity index (χ2v) is 4.78. The molecule has 98 valence electrons. The minimum atomic E-state index is -0.280. The Labute approximate surface area is 105 Å². The van der Waals surface area contributed by atoms with Crippen LogP contribution in [0.25, 0.3) is 0 Å². The number of carbonyl (C=O) groups excluding carboxylic acids is 1. The second-order valence-electron chi connectivity index (χ2n) is 4.78. The van der Waals surface area contributed by atoms with Gasteiger partial charge in [0.2, 0.25) is 0 Å². The first kappa shape index (κ1) is 14.1. The Balaban J connectivity index is 2.26. The molecule has 1 fully saturated rings. The fourth-order valence-corrected chi connectivity index (χ4v) is 2.64. The van der Waals surface area contributed by atoms with E-state index in [1.165, 1.54) is 19.3 Å². The molecule has 3 atom stereocenters. The molecule has 0 spiro atoms. The van der Waals surface area contributed by atoms with Gasteiger partial charge in [0.15, 0.2) is 0 Å². The molecule has 0 aromatic rings. The van der Waals surface area contributed by atoms with Crippen LogP contribution in [0.1, 0.15) is 39.5 Å². The van der Waals surface area contributed by atoms with Crippen molar-refractivity contribution in [3.05, 3.63) is 12.7 Å². The first-order valence-corrected chi connectivity index (χ1v) is 6.76. The van der Waals surface area contributed by atoms with Gasteiger partial charge in [-0.25, -0.2) is 4.79 Å². The average molecular weight is 239 g/mol. The summed E-state index contributed by atoms with van der Waals surface area (Å²) in [6, 6.07) is 0. The summed E-state index contributed by atoms with van der Waals surface area (Å²) in [5, 5.41) is 2.66. The zero-order valence-corrected chi connectivity index (χ0v) is 11.1. The van der Waals surface area contributed by atoms with E-state index < -0.39 is 0 Å². The van der Waals surface area contributed by atoms with Crippen molar-refractivity contribution in [1.29, 1.82) is 0 Å². The fourth-order valence-electron chi connectivity index (χ4n) is 2.64. The quantitative estimate of drug-likeness (QED) is 0.660. The van der Waals surface area contributed by atoms with Crippen molar-refractivity contribution in [1.82, 2.24) is 5.32 Å². The van der Waals surface area contributed by atoms with Gasteiger partial charge in [-0.15, -0.1) is 6.58 Å². The molecule has 3 heteroatoms. The van der Waals surface area contributed by atoms with Gasteiger partial charge in [-0.05, 0) is 37.5 Å². The maximum absolute atomic E-state index is 11.2. The molecule has 0 radical (unpaired) electrons. The van der Waals surface area contributed by atoms with Gasteiger partial charge in [-0.1, -0.05) is 25.8 Å². The van der Waals surface area contributed by atoms with Gasteiger partial charge in [0.05, 0.1) is 6.61 Å². The lowest BCUT2D eigenvalue weighted by molar-refractivity contribution is 0.138. The molecule has 0 aromatic heterocycles. The van der Waals surface area contributed by atoms with Crippen LogP contribution in [0.4, 0.5) is 4.79 Å². The summed E-state index contributed by atoms with van der Waals surface area (Å²) < 4.78 is 5.22. The molecule has 0 aliphatic heterocycles. The topological polar surface area (TPSA) is 38.3 Å². The number of amides is 1. The number of hydrogen-bond donors (Lipinski definition) is 1. The normalized spacial score (nSPS) is 26.4. The Morgan fingerprint density at radius 2 is 2.00 bits per heavy atom. The van der Waals surface area contributed by atoms with Crippen LogP contribution in [-0.4, -0.2) is 19.2 Å². The van der Waals surface area contributed by atoms with Crippen LogP contribution in [0.15, 0.2) is 12.7 Å². The van der Waals surface area contributed by atoms with E-state index in [0.717, 1.165) is 18.3 Å². The maximum Gasteiger partial charge on any atom is 0.407 e. The molecule has 1 rings (SSSR count). The van der Waals surface area contributed by atoms with Gasteiger partial charge in [-0.2, -0.15) is 0 Å². The molecule has 0 aromatic carbocycles. The first-order chi connectivity index (χ1) is 8.24. The molecule has 3 nitrogen and oxygen atoms in total. The lowest BCUT2D eigenvalue weighted by atomic mass is 10.1. The van der Waals surface area contributed by atoms with Crippen LogP contribution in [0.3, 0.4) is 0 Å². The SMILES string of the molecule is C=CCC[C@H]1[C@@H](CCC)[C@H]1COC(=O)NCC. The summed E-state index contributed by atoms with van der Waals surface area (Å²) >= 11 is 0. The Kier molecular flexibility index (Phi) is 6.09. The van der Waals surface area contributed by atoms with E-state index in [2.05, 4.69) is 18.8 Å². The molecule has 0 heterocycles. The number of alkyl carbamates (subject to hydrolysis) is 1. The summed E-state index contributed by atoms with van der Waals surface area (Å²) in [6.45, 7) is 9.07. The van der Waals surface area contributed by atoms with Crippen molar-refractivity contribution in [3.63, 3.8) is 0 Å². The third-order valence-electron chi connectivity index (χ3n) is 3.56. The molecule has 1 amide bonds. The monoisotopic (exact) mass is 239 g/mol. The van der Waals surface area contributed by atoms with Crippen LogP contribution in [0.2, 0.25) is 0 Å². The van der Waals surface area contributed by atoms with Gasteiger partial charge in [0.1, 0.15) is 0 Å². The predicted molar refractivity (Wildman–Crippen MR) is 69.8 cm³/mol. The van der Waals surface area contributed by atoms with Crippen LogP contribution >= 0.6 is 0 Å². The minimum Gasteiger partial charge on any atom is -0.449 e. The second kappa shape index (κ2) is 7.36. The van der Waals surface area contributed by atoms with E-state index in [4.69, 9.17) is 4.74 Å². The highest BCUT2D eigenvalue weighted by molar-refractivity contribution is 5.66. The molecule has 0 bridgehead atoms. The van der Waals surface area contributed by atoms with Crippen LogP contribution in [-0.2, 0) is 4.74 Å². The molecule has 0 unspecified atom stereocenters. The average Bonchev–Trinajstić information content (AvgIpc) is 2.97. The number of rotatable bonds is 8. The molecule has 1 aliphatic rings. The predicted octanol–water partition coefficient (Wildman–Crippen LogP) is 3.36. The van der Waals surface area contributed by atoms with E-state index in [-0.39, 0.29) is 6.09 Å². The smallest absolute Gasteiger partial charge is 0.407 e. The fraction of sp³-hybridized carbons (Fsp3) is 0.786. The number of allylic oxidation sites excluding steroid dienone is 1. The zero-order valence-electron chi connectivity index (χ0n) is 11.1. The Morgan fingerprint density at radius 3 is 2.59 bits per heavy atom. The van der Waals surface area contributed by atoms with Crippen molar-refractivity contribution < 1.29 is 9.53 Å². The van der Waals surface area contributed by atoms with Crippen LogP contribution in [0.5, 0.6) is 0 Å². The first-order valence-electron chi connectivity index (χ1n) is 6.76. The Bertz CT molecular complexity index is 253. The van der Waals surface area contributed by atoms with E-state index >= 15 is 0 Å². The van der Waals surface area contributed by atoms with Crippen molar-refractivity contribution >= 4 is 6.09 Å². The lowest BCUT2D eigenvalue weighted by Gasteiger charge is -2.04.